The Labute approximate surface area is 179 Å². The summed E-state index contributed by atoms with van der Waals surface area (Å²) < 4.78 is 11.4. The second kappa shape index (κ2) is 9.10. The van der Waals surface area contributed by atoms with Gasteiger partial charge in [0, 0.05) is 16.2 Å². The van der Waals surface area contributed by atoms with Gasteiger partial charge in [-0.2, -0.15) is 5.26 Å². The highest BCUT2D eigenvalue weighted by Gasteiger charge is 2.23. The number of nitrogens with one attached hydrogen (secondary N) is 1. The van der Waals surface area contributed by atoms with Crippen LogP contribution in [0.1, 0.15) is 48.6 Å². The standard InChI is InChI=1S/C22H24N2O3S2/c1-14(28-15-8-9-18-19(12-15)27-11-5-10-26-18)21(25)24-22-17(13-23)16-6-3-2-4-7-20(16)29-22/h8-9,12,14H,2-7,10-11H2,1H3,(H,24,25)/t14-/m1/s1. The molecule has 1 atom stereocenters. The molecule has 0 saturated heterocycles. The largest absolute Gasteiger partial charge is 0.490 e. The molecule has 1 aromatic carbocycles. The number of hydrogen-bond donors (Lipinski definition) is 1. The minimum atomic E-state index is -0.298. The fraction of sp³-hybridized carbons (Fsp3) is 0.455. The lowest BCUT2D eigenvalue weighted by Gasteiger charge is -2.13. The Morgan fingerprint density at radius 2 is 1.97 bits per heavy atom. The molecule has 2 aliphatic rings. The van der Waals surface area contributed by atoms with Gasteiger partial charge in [-0.1, -0.05) is 6.42 Å². The molecule has 0 saturated carbocycles. The maximum absolute atomic E-state index is 12.8. The minimum Gasteiger partial charge on any atom is -0.490 e. The maximum atomic E-state index is 12.8. The predicted octanol–water partition coefficient (Wildman–Crippen LogP) is 5.17. The number of hydrogen-bond acceptors (Lipinski definition) is 6. The summed E-state index contributed by atoms with van der Waals surface area (Å²) in [6.07, 6.45) is 6.28. The van der Waals surface area contributed by atoms with E-state index in [1.807, 2.05) is 25.1 Å². The van der Waals surface area contributed by atoms with Crippen LogP contribution < -0.4 is 14.8 Å². The van der Waals surface area contributed by atoms with Crippen LogP contribution in [0.25, 0.3) is 0 Å². The van der Waals surface area contributed by atoms with Crippen molar-refractivity contribution in [3.8, 4) is 17.6 Å². The van der Waals surface area contributed by atoms with E-state index in [4.69, 9.17) is 9.47 Å². The van der Waals surface area contributed by atoms with Gasteiger partial charge in [-0.25, -0.2) is 0 Å². The first-order valence-corrected chi connectivity index (χ1v) is 11.8. The number of aryl methyl sites for hydroxylation is 1. The monoisotopic (exact) mass is 428 g/mol. The van der Waals surface area contributed by atoms with Gasteiger partial charge in [-0.15, -0.1) is 23.1 Å². The number of nitriles is 1. The summed E-state index contributed by atoms with van der Waals surface area (Å²) in [7, 11) is 0. The molecule has 1 aliphatic carbocycles. The van der Waals surface area contributed by atoms with E-state index in [9.17, 15) is 10.1 Å². The molecule has 1 aliphatic heterocycles. The first-order chi connectivity index (χ1) is 14.2. The van der Waals surface area contributed by atoms with Crippen LogP contribution in [-0.4, -0.2) is 24.4 Å². The molecule has 7 heteroatoms. The van der Waals surface area contributed by atoms with Crippen molar-refractivity contribution in [2.24, 2.45) is 0 Å². The van der Waals surface area contributed by atoms with E-state index in [1.54, 1.807) is 11.3 Å². The van der Waals surface area contributed by atoms with Crippen LogP contribution in [0.15, 0.2) is 23.1 Å². The Hall–Kier alpha value is -2.17. The molecule has 0 bridgehead atoms. The highest BCUT2D eigenvalue weighted by Crippen LogP contribution is 2.38. The number of carbonyl (C=O) groups excluding carboxylic acids is 1. The predicted molar refractivity (Wildman–Crippen MR) is 116 cm³/mol. The van der Waals surface area contributed by atoms with Crippen LogP contribution >= 0.6 is 23.1 Å². The molecule has 4 rings (SSSR count). The summed E-state index contributed by atoms with van der Waals surface area (Å²) in [4.78, 5) is 15.0. The SMILES string of the molecule is C[C@@H](Sc1ccc2c(c1)OCCCO2)C(=O)Nc1sc2c(c1C#N)CCCCC2. The van der Waals surface area contributed by atoms with Gasteiger partial charge >= 0.3 is 0 Å². The summed E-state index contributed by atoms with van der Waals surface area (Å²) >= 11 is 3.05. The number of rotatable bonds is 4. The first-order valence-electron chi connectivity index (χ1n) is 10.1. The molecule has 1 N–H and O–H groups in total. The minimum absolute atomic E-state index is 0.0879. The number of anilines is 1. The van der Waals surface area contributed by atoms with Crippen LogP contribution in [0.5, 0.6) is 11.5 Å². The van der Waals surface area contributed by atoms with Gasteiger partial charge in [0.1, 0.15) is 11.1 Å². The van der Waals surface area contributed by atoms with Crippen LogP contribution in [0.4, 0.5) is 5.00 Å². The van der Waals surface area contributed by atoms with Crippen molar-refractivity contribution in [3.05, 3.63) is 34.2 Å². The third-order valence-corrected chi connectivity index (χ3v) is 7.47. The zero-order chi connectivity index (χ0) is 20.2. The Morgan fingerprint density at radius 1 is 1.17 bits per heavy atom. The molecule has 1 aromatic heterocycles. The number of thiophene rings is 1. The van der Waals surface area contributed by atoms with E-state index in [0.29, 0.717) is 23.8 Å². The van der Waals surface area contributed by atoms with E-state index in [-0.39, 0.29) is 11.2 Å². The van der Waals surface area contributed by atoms with Gasteiger partial charge in [-0.05, 0) is 56.4 Å². The molecular weight excluding hydrogens is 404 g/mol. The molecule has 5 nitrogen and oxygen atoms in total. The van der Waals surface area contributed by atoms with Crippen LogP contribution in [0, 0.1) is 11.3 Å². The number of thioether (sulfide) groups is 1. The molecule has 1 amide bonds. The zero-order valence-electron chi connectivity index (χ0n) is 16.5. The van der Waals surface area contributed by atoms with Crippen molar-refractivity contribution in [3.63, 3.8) is 0 Å². The van der Waals surface area contributed by atoms with Gasteiger partial charge in [-0.3, -0.25) is 4.79 Å². The van der Waals surface area contributed by atoms with Crippen molar-refractivity contribution in [2.45, 2.75) is 55.6 Å². The van der Waals surface area contributed by atoms with Gasteiger partial charge in [0.2, 0.25) is 5.91 Å². The van der Waals surface area contributed by atoms with Crippen molar-refractivity contribution in [1.29, 1.82) is 5.26 Å². The quantitative estimate of drug-likeness (QED) is 0.537. The highest BCUT2D eigenvalue weighted by molar-refractivity contribution is 8.00. The van der Waals surface area contributed by atoms with Gasteiger partial charge in [0.15, 0.2) is 11.5 Å². The Kier molecular flexibility index (Phi) is 6.31. The van der Waals surface area contributed by atoms with Crippen molar-refractivity contribution in [2.75, 3.05) is 18.5 Å². The van der Waals surface area contributed by atoms with E-state index in [2.05, 4.69) is 11.4 Å². The molecule has 2 aromatic rings. The number of carbonyl (C=O) groups is 1. The van der Waals surface area contributed by atoms with E-state index in [1.165, 1.54) is 23.1 Å². The molecule has 0 fully saturated rings. The number of amides is 1. The molecule has 0 radical (unpaired) electrons. The smallest absolute Gasteiger partial charge is 0.238 e. The summed E-state index contributed by atoms with van der Waals surface area (Å²) in [6, 6.07) is 8.11. The summed E-state index contributed by atoms with van der Waals surface area (Å²) in [5.41, 5.74) is 1.81. The van der Waals surface area contributed by atoms with E-state index >= 15 is 0 Å². The topological polar surface area (TPSA) is 71.3 Å². The van der Waals surface area contributed by atoms with Crippen LogP contribution in [0.2, 0.25) is 0 Å². The normalized spacial score (nSPS) is 16.7. The lowest BCUT2D eigenvalue weighted by Crippen LogP contribution is -2.22. The van der Waals surface area contributed by atoms with Gasteiger partial charge in [0.05, 0.1) is 24.0 Å². The third-order valence-electron chi connectivity index (χ3n) is 5.17. The Bertz CT molecular complexity index is 948. The number of benzene rings is 1. The number of fused-ring (bicyclic) bond motifs is 2. The Balaban J connectivity index is 1.45. The molecule has 2 heterocycles. The average molecular weight is 429 g/mol. The van der Waals surface area contributed by atoms with Gasteiger partial charge in [0.25, 0.3) is 0 Å². The van der Waals surface area contributed by atoms with Crippen molar-refractivity contribution < 1.29 is 14.3 Å². The van der Waals surface area contributed by atoms with Crippen molar-refractivity contribution >= 4 is 34.0 Å². The van der Waals surface area contributed by atoms with Crippen LogP contribution in [0.3, 0.4) is 0 Å². The fourth-order valence-electron chi connectivity index (χ4n) is 3.64. The first kappa shape index (κ1) is 20.1. The Morgan fingerprint density at radius 3 is 2.79 bits per heavy atom. The summed E-state index contributed by atoms with van der Waals surface area (Å²) in [6.45, 7) is 3.18. The highest BCUT2D eigenvalue weighted by atomic mass is 32.2. The average Bonchev–Trinajstić information content (AvgIpc) is 2.91. The van der Waals surface area contributed by atoms with E-state index in [0.717, 1.165) is 54.1 Å². The summed E-state index contributed by atoms with van der Waals surface area (Å²) in [5.74, 6) is 1.39. The third kappa shape index (κ3) is 4.54. The zero-order valence-corrected chi connectivity index (χ0v) is 18.1. The molecule has 0 unspecified atom stereocenters. The van der Waals surface area contributed by atoms with Crippen LogP contribution in [-0.2, 0) is 17.6 Å². The fourth-order valence-corrected chi connectivity index (χ4v) is 5.78. The molecular formula is C22H24N2O3S2. The molecule has 152 valence electrons. The van der Waals surface area contributed by atoms with Crippen molar-refractivity contribution in [1.82, 2.24) is 0 Å². The maximum Gasteiger partial charge on any atom is 0.238 e. The second-order valence-corrected chi connectivity index (χ2v) is 9.81. The molecule has 29 heavy (non-hydrogen) atoms. The second-order valence-electron chi connectivity index (χ2n) is 7.29. The lowest BCUT2D eigenvalue weighted by molar-refractivity contribution is -0.115. The summed E-state index contributed by atoms with van der Waals surface area (Å²) in [5, 5.41) is 13.1. The van der Waals surface area contributed by atoms with E-state index < -0.39 is 0 Å². The van der Waals surface area contributed by atoms with Gasteiger partial charge < -0.3 is 14.8 Å². The number of nitrogens with zero attached hydrogens (tertiary/aromatic N) is 1. The number of ether oxygens (including phenoxy) is 2. The lowest BCUT2D eigenvalue weighted by atomic mass is 10.1. The molecule has 0 spiro atoms.